The highest BCUT2D eigenvalue weighted by molar-refractivity contribution is 7.91. The van der Waals surface area contributed by atoms with Crippen LogP contribution in [0.2, 0.25) is 0 Å². The smallest absolute Gasteiger partial charge is 0.156 e. The van der Waals surface area contributed by atoms with E-state index in [2.05, 4.69) is 10.3 Å². The van der Waals surface area contributed by atoms with Crippen LogP contribution in [0.25, 0.3) is 0 Å². The molecule has 6 heteroatoms. The molecule has 4 nitrogen and oxygen atoms in total. The van der Waals surface area contributed by atoms with E-state index < -0.39 is 15.1 Å². The summed E-state index contributed by atoms with van der Waals surface area (Å²) in [5.74, 6) is 0. The Bertz CT molecular complexity index is 675. The van der Waals surface area contributed by atoms with Crippen molar-refractivity contribution in [1.29, 1.82) is 0 Å². The quantitative estimate of drug-likeness (QED) is 0.921. The molecule has 20 heavy (non-hydrogen) atoms. The first kappa shape index (κ1) is 15.0. The van der Waals surface area contributed by atoms with E-state index in [9.17, 15) is 8.42 Å². The molecular weight excluding hydrogens is 292 g/mol. The first-order valence-electron chi connectivity index (χ1n) is 6.30. The second kappa shape index (κ2) is 5.93. The molecule has 1 unspecified atom stereocenters. The number of rotatable bonds is 5. The fourth-order valence-corrected chi connectivity index (χ4v) is 3.50. The van der Waals surface area contributed by atoms with Crippen molar-refractivity contribution in [2.45, 2.75) is 25.6 Å². The Morgan fingerprint density at radius 1 is 1.30 bits per heavy atom. The van der Waals surface area contributed by atoms with Gasteiger partial charge in [0.1, 0.15) is 10.3 Å². The van der Waals surface area contributed by atoms with Crippen molar-refractivity contribution in [2.75, 3.05) is 11.6 Å². The SMILES string of the molecule is Cc1ccc(NCc2csc(C(C)S(C)(=O)=O)n2)cc1. The Hall–Kier alpha value is -1.40. The molecule has 0 bridgehead atoms. The minimum Gasteiger partial charge on any atom is -0.379 e. The summed E-state index contributed by atoms with van der Waals surface area (Å²) in [6.07, 6.45) is 1.24. The lowest BCUT2D eigenvalue weighted by Gasteiger charge is -2.06. The number of nitrogens with zero attached hydrogens (tertiary/aromatic N) is 1. The van der Waals surface area contributed by atoms with Gasteiger partial charge in [-0.25, -0.2) is 13.4 Å². The molecule has 0 spiro atoms. The third-order valence-electron chi connectivity index (χ3n) is 3.08. The van der Waals surface area contributed by atoms with Gasteiger partial charge in [-0.05, 0) is 26.0 Å². The van der Waals surface area contributed by atoms with Gasteiger partial charge in [-0.1, -0.05) is 17.7 Å². The Morgan fingerprint density at radius 2 is 1.95 bits per heavy atom. The fourth-order valence-electron chi connectivity index (χ4n) is 1.64. The molecule has 0 amide bonds. The highest BCUT2D eigenvalue weighted by atomic mass is 32.2. The van der Waals surface area contributed by atoms with Gasteiger partial charge in [-0.3, -0.25) is 0 Å². The van der Waals surface area contributed by atoms with Crippen molar-refractivity contribution in [3.63, 3.8) is 0 Å². The number of hydrogen-bond acceptors (Lipinski definition) is 5. The van der Waals surface area contributed by atoms with Crippen molar-refractivity contribution in [3.8, 4) is 0 Å². The topological polar surface area (TPSA) is 59.1 Å². The number of aromatic nitrogens is 1. The van der Waals surface area contributed by atoms with Gasteiger partial charge in [0.2, 0.25) is 0 Å². The van der Waals surface area contributed by atoms with E-state index in [1.54, 1.807) is 6.92 Å². The van der Waals surface area contributed by atoms with Crippen molar-refractivity contribution in [2.24, 2.45) is 0 Å². The van der Waals surface area contributed by atoms with Gasteiger partial charge in [0.25, 0.3) is 0 Å². The minimum absolute atomic E-state index is 0.541. The lowest BCUT2D eigenvalue weighted by atomic mass is 10.2. The van der Waals surface area contributed by atoms with E-state index in [-0.39, 0.29) is 0 Å². The predicted molar refractivity (Wildman–Crippen MR) is 83.9 cm³/mol. The highest BCUT2D eigenvalue weighted by Crippen LogP contribution is 2.24. The van der Waals surface area contributed by atoms with Crippen LogP contribution in [0.3, 0.4) is 0 Å². The van der Waals surface area contributed by atoms with Crippen LogP contribution in [-0.2, 0) is 16.4 Å². The van der Waals surface area contributed by atoms with E-state index in [4.69, 9.17) is 0 Å². The average Bonchev–Trinajstić information content (AvgIpc) is 2.85. The molecule has 0 radical (unpaired) electrons. The van der Waals surface area contributed by atoms with E-state index in [0.29, 0.717) is 11.6 Å². The van der Waals surface area contributed by atoms with Crippen LogP contribution in [0.15, 0.2) is 29.6 Å². The summed E-state index contributed by atoms with van der Waals surface area (Å²) in [4.78, 5) is 4.39. The molecule has 0 saturated heterocycles. The standard InChI is InChI=1S/C14H18N2O2S2/c1-10-4-6-12(7-5-10)15-8-13-9-19-14(16-13)11(2)20(3,17)18/h4-7,9,11,15H,8H2,1-3H3. The van der Waals surface area contributed by atoms with E-state index >= 15 is 0 Å². The van der Waals surface area contributed by atoms with Crippen molar-refractivity contribution >= 4 is 26.9 Å². The van der Waals surface area contributed by atoms with Crippen molar-refractivity contribution in [1.82, 2.24) is 4.98 Å². The van der Waals surface area contributed by atoms with E-state index in [0.717, 1.165) is 11.4 Å². The number of sulfone groups is 1. The Morgan fingerprint density at radius 3 is 2.55 bits per heavy atom. The van der Waals surface area contributed by atoms with Crippen molar-refractivity contribution in [3.05, 3.63) is 45.9 Å². The molecule has 1 heterocycles. The van der Waals surface area contributed by atoms with Crippen LogP contribution >= 0.6 is 11.3 Å². The molecule has 1 N–H and O–H groups in total. The summed E-state index contributed by atoms with van der Waals surface area (Å²) in [5, 5.41) is 5.28. The van der Waals surface area contributed by atoms with Crippen LogP contribution < -0.4 is 5.32 Å². The van der Waals surface area contributed by atoms with E-state index in [1.807, 2.05) is 36.6 Å². The predicted octanol–water partition coefficient (Wildman–Crippen LogP) is 3.17. The Labute approximate surface area is 123 Å². The van der Waals surface area contributed by atoms with Gasteiger partial charge in [0.15, 0.2) is 9.84 Å². The zero-order chi connectivity index (χ0) is 14.8. The van der Waals surface area contributed by atoms with Gasteiger partial charge < -0.3 is 5.32 Å². The maximum atomic E-state index is 11.5. The third kappa shape index (κ3) is 3.80. The molecule has 0 saturated carbocycles. The summed E-state index contributed by atoms with van der Waals surface area (Å²) in [5.41, 5.74) is 3.11. The number of aryl methyl sites for hydroxylation is 1. The molecular formula is C14H18N2O2S2. The Balaban J connectivity index is 2.01. The van der Waals surface area contributed by atoms with Gasteiger partial charge in [-0.15, -0.1) is 11.3 Å². The number of hydrogen-bond donors (Lipinski definition) is 1. The lowest BCUT2D eigenvalue weighted by Crippen LogP contribution is -2.08. The first-order chi connectivity index (χ1) is 9.36. The second-order valence-electron chi connectivity index (χ2n) is 4.87. The molecule has 108 valence electrons. The molecule has 2 aromatic rings. The maximum absolute atomic E-state index is 11.5. The molecule has 0 aliphatic carbocycles. The number of benzene rings is 1. The van der Waals surface area contributed by atoms with Crippen LogP contribution in [0, 0.1) is 6.92 Å². The van der Waals surface area contributed by atoms with Crippen LogP contribution in [0.5, 0.6) is 0 Å². The fraction of sp³-hybridized carbons (Fsp3) is 0.357. The number of anilines is 1. The largest absolute Gasteiger partial charge is 0.379 e. The summed E-state index contributed by atoms with van der Waals surface area (Å²) in [6.45, 7) is 4.31. The highest BCUT2D eigenvalue weighted by Gasteiger charge is 2.20. The van der Waals surface area contributed by atoms with Crippen LogP contribution in [0.4, 0.5) is 5.69 Å². The van der Waals surface area contributed by atoms with Gasteiger partial charge in [0.05, 0.1) is 12.2 Å². The molecule has 1 aromatic heterocycles. The normalized spacial score (nSPS) is 13.2. The van der Waals surface area contributed by atoms with Gasteiger partial charge in [0, 0.05) is 17.3 Å². The average molecular weight is 310 g/mol. The maximum Gasteiger partial charge on any atom is 0.156 e. The third-order valence-corrected chi connectivity index (χ3v) is 5.82. The lowest BCUT2D eigenvalue weighted by molar-refractivity contribution is 0.592. The first-order valence-corrected chi connectivity index (χ1v) is 9.13. The zero-order valence-electron chi connectivity index (χ0n) is 11.8. The molecule has 0 aliphatic rings. The monoisotopic (exact) mass is 310 g/mol. The Kier molecular flexibility index (Phi) is 4.45. The minimum atomic E-state index is -3.09. The van der Waals surface area contributed by atoms with Gasteiger partial charge >= 0.3 is 0 Å². The van der Waals surface area contributed by atoms with E-state index in [1.165, 1.54) is 23.2 Å². The van der Waals surface area contributed by atoms with Gasteiger partial charge in [-0.2, -0.15) is 0 Å². The molecule has 0 aliphatic heterocycles. The summed E-state index contributed by atoms with van der Waals surface area (Å²) in [7, 11) is -3.09. The number of thiazole rings is 1. The molecule has 1 atom stereocenters. The van der Waals surface area contributed by atoms with Crippen LogP contribution in [-0.4, -0.2) is 19.7 Å². The summed E-state index contributed by atoms with van der Waals surface area (Å²) < 4.78 is 23.0. The summed E-state index contributed by atoms with van der Waals surface area (Å²) in [6, 6.07) is 8.12. The molecule has 0 fully saturated rings. The van der Waals surface area contributed by atoms with Crippen LogP contribution in [0.1, 0.15) is 28.4 Å². The molecule has 2 rings (SSSR count). The second-order valence-corrected chi connectivity index (χ2v) is 8.12. The van der Waals surface area contributed by atoms with Crippen molar-refractivity contribution < 1.29 is 8.42 Å². The zero-order valence-corrected chi connectivity index (χ0v) is 13.4. The summed E-state index contributed by atoms with van der Waals surface area (Å²) >= 11 is 1.39. The number of nitrogens with one attached hydrogen (secondary N) is 1. The molecule has 1 aromatic carbocycles.